The smallest absolute Gasteiger partial charge is 0.462 e. The number of halogens is 5. The summed E-state index contributed by atoms with van der Waals surface area (Å²) in [4.78, 5) is 165. The Bertz CT molecular complexity index is 5030. The highest BCUT2D eigenvalue weighted by molar-refractivity contribution is 7.48. The average Bonchev–Trinajstić information content (AvgIpc) is 1.57. The summed E-state index contributed by atoms with van der Waals surface area (Å²) < 4.78 is 191. The molecule has 7 aliphatic heterocycles. The first-order valence-corrected chi connectivity index (χ1v) is 46.2. The second kappa shape index (κ2) is 50.6. The Morgan fingerprint density at radius 2 is 0.873 bits per heavy atom. The molecule has 7 aliphatic rings. The minimum absolute atomic E-state index is 0.00547. The van der Waals surface area contributed by atoms with E-state index in [1.54, 1.807) is 83.1 Å². The molecule has 142 heavy (non-hydrogen) atoms. The molecule has 2 unspecified atom stereocenters. The van der Waals surface area contributed by atoms with Crippen LogP contribution in [0, 0.1) is 35.5 Å². The standard InChI is InChI=1S/C31H50FN4O17P.C20H27F2N3O5.C20H30FN3O6.C18H26FN3O6/c1-16(2)21(33)23(38)51-25-30(9,52-24(39)22(34)17(3)4)26(36-11-10-20(37)35-27(36)40)53-31(25,12-32)13-46-54(43,47-14-44-28(41)49-18(5)6)48-15-45-29(42)50-19(7)8;1-7-19(10-28-15(26)11(2)3)17(29-16(27)12(4)5)20(21,22)18(30-19)25-9-8-14(23)24-13(25)6;1-11(2)15(25)28-10-20(9-21)17(29-16(26)12(3)4)19(6,27)18(30-20)24-8-7-14(22)23-13(24)5;1-5-13(23)26-10-18(9-19)15(27-14(24)6-2)17(4,25)16(28-18)22-8-7-12(20)21-11(22)3/h10-11,16-19,21-22,25-26H,12-15,33-34H2,1-9H3,(H,35,37,40);7-9,11-12,17-18H,1,6,10H2,2-5H3,(H2,23,24);7-8,11-12,17-18,27H,5,9-10H2,1-4,6H3,(H2,22,23);7-8,15-16,25H,3,5-6,9-10H2,1-2,4H3,(H2,20,21)/t21?,22?,25-,26+,30+,31+;17-,18-,19-;17-,18+,19+,20+;15-,16+,17+,18+/m0100/s1. The number of alkyl halides is 5. The average molecular weight is 2060 g/mol. The van der Waals surface area contributed by atoms with Crippen LogP contribution in [0.15, 0.2) is 124 Å². The quantitative estimate of drug-likeness (QED) is 0.00875. The number of carbonyl (C=O) groups excluding carboxylic acids is 10. The molecule has 0 bridgehead atoms. The van der Waals surface area contributed by atoms with Gasteiger partial charge in [-0.3, -0.25) is 57.2 Å². The molecule has 53 heteroatoms. The number of nitrogens with two attached hydrogens (primary N) is 5. The molecule has 13 N–H and O–H groups in total. The number of hydrogen-bond donors (Lipinski definition) is 8. The second-order valence-electron chi connectivity index (χ2n) is 36.3. The Kier molecular flexibility index (Phi) is 43.1. The van der Waals surface area contributed by atoms with Crippen molar-refractivity contribution in [3.05, 3.63) is 120 Å². The molecule has 0 aromatic carbocycles. The highest BCUT2D eigenvalue weighted by Gasteiger charge is 2.73. The molecule has 8 rings (SSSR count). The normalized spacial score (nSPS) is 27.5. The molecular formula is C89H133F5N13O34P. The third-order valence-corrected chi connectivity index (χ3v) is 23.1. The van der Waals surface area contributed by atoms with Gasteiger partial charge in [-0.15, -0.1) is 0 Å². The number of esters is 8. The number of carbonyl (C=O) groups is 10. The number of H-pyrrole nitrogens is 1. The van der Waals surface area contributed by atoms with Gasteiger partial charge in [0.2, 0.25) is 25.9 Å². The predicted octanol–water partition coefficient (Wildman–Crippen LogP) is 6.44. The summed E-state index contributed by atoms with van der Waals surface area (Å²) in [6, 6.07) is -1.73. The van der Waals surface area contributed by atoms with Crippen molar-refractivity contribution in [3.63, 3.8) is 0 Å². The van der Waals surface area contributed by atoms with Crippen LogP contribution in [0.2, 0.25) is 0 Å². The highest BCUT2D eigenvalue weighted by Crippen LogP contribution is 2.56. The number of phosphoric ester groups is 1. The van der Waals surface area contributed by atoms with Gasteiger partial charge in [0.25, 0.3) is 5.56 Å². The molecule has 0 spiro atoms. The summed E-state index contributed by atoms with van der Waals surface area (Å²) in [7, 11) is -5.13. The summed E-state index contributed by atoms with van der Waals surface area (Å²) in [6.07, 6.45) is -6.75. The van der Waals surface area contributed by atoms with E-state index in [0.717, 1.165) is 30.2 Å². The van der Waals surface area contributed by atoms with E-state index >= 15 is 13.2 Å². The maximum Gasteiger partial charge on any atom is 0.510 e. The van der Waals surface area contributed by atoms with E-state index in [-0.39, 0.29) is 47.8 Å². The van der Waals surface area contributed by atoms with Crippen molar-refractivity contribution in [1.29, 1.82) is 0 Å². The van der Waals surface area contributed by atoms with E-state index in [1.807, 2.05) is 4.98 Å². The van der Waals surface area contributed by atoms with Gasteiger partial charge in [0.15, 0.2) is 65.0 Å². The molecule has 0 radical (unpaired) electrons. The first-order valence-electron chi connectivity index (χ1n) is 44.7. The van der Waals surface area contributed by atoms with Crippen molar-refractivity contribution >= 4 is 85.4 Å². The van der Waals surface area contributed by atoms with Crippen LogP contribution < -0.4 is 39.9 Å². The fourth-order valence-corrected chi connectivity index (χ4v) is 14.7. The summed E-state index contributed by atoms with van der Waals surface area (Å²) in [5, 5.41) is 22.5. The van der Waals surface area contributed by atoms with Crippen molar-refractivity contribution in [2.75, 3.05) is 60.0 Å². The van der Waals surface area contributed by atoms with Crippen molar-refractivity contribution in [3.8, 4) is 0 Å². The molecule has 0 amide bonds. The lowest BCUT2D eigenvalue weighted by Crippen LogP contribution is -2.59. The number of aliphatic imine (C=N–C) groups is 3. The number of nitrogens with zero attached hydrogens (tertiary/aromatic N) is 7. The number of nitrogens with one attached hydrogen (secondary N) is 1. The molecule has 17 atom stereocenters. The van der Waals surface area contributed by atoms with Gasteiger partial charge < -0.3 is 129 Å². The number of amidine groups is 3. The van der Waals surface area contributed by atoms with Gasteiger partial charge in [0.1, 0.15) is 98.1 Å². The van der Waals surface area contributed by atoms with E-state index < -0.39 is 293 Å². The number of aromatic nitrogens is 2. The Labute approximate surface area is 816 Å². The molecule has 1 aromatic heterocycles. The Hall–Kier alpha value is -11.6. The number of aliphatic hydroxyl groups is 2. The number of rotatable bonds is 40. The molecular weight excluding hydrogens is 1920 g/mol. The van der Waals surface area contributed by atoms with Crippen LogP contribution in [0.25, 0.3) is 0 Å². The SMILES string of the molecule is C=C1N=C(N)C=CN1[C@@H]1O[C@](CF)(COC(=O)C(C)C)[C@@H](OC(=O)C(C)C)[C@@]1(C)O.C=C1N=C(N)C=CN1[C@@H]1O[C@](CF)(COC(=O)CC)[C@@H](OC(=O)CC)[C@@]1(C)O.C=C[C@]1(COC(=O)C(C)C)O[C@@H](N2C=CC(N)=NC2=C)C(F)(F)[C@@H]1OC(=O)C(C)C.CC(C)OC(=O)OCOP(=O)(OCOC(=O)OC(C)C)OC[C@@]1(CF)O[C@@H](n2ccc(=O)[nH]c2=O)[C@](C)(OC(=O)C(N)C(C)C)[C@@H]1OC(=O)C(N)C(C)C. The van der Waals surface area contributed by atoms with Crippen molar-refractivity contribution in [2.45, 2.75) is 277 Å². The Balaban J connectivity index is 0.000000349. The van der Waals surface area contributed by atoms with Crippen LogP contribution in [0.1, 0.15) is 164 Å². The Morgan fingerprint density at radius 3 is 1.25 bits per heavy atom. The fraction of sp³-hybridized carbons (Fsp3) is 0.652. The minimum Gasteiger partial charge on any atom is -0.462 e. The third kappa shape index (κ3) is 29.8. The van der Waals surface area contributed by atoms with E-state index in [4.69, 9.17) is 118 Å². The first-order chi connectivity index (χ1) is 65.8. The molecule has 1 aromatic rings. The molecule has 4 fully saturated rings. The van der Waals surface area contributed by atoms with Gasteiger partial charge in [-0.05, 0) is 78.5 Å². The minimum atomic E-state index is -5.13. The van der Waals surface area contributed by atoms with Gasteiger partial charge in [0.05, 0.1) is 42.5 Å². The molecule has 47 nitrogen and oxygen atoms in total. The predicted molar refractivity (Wildman–Crippen MR) is 490 cm³/mol. The van der Waals surface area contributed by atoms with Gasteiger partial charge in [-0.2, -0.15) is 8.78 Å². The second-order valence-corrected chi connectivity index (χ2v) is 38.0. The topological polar surface area (TPSA) is 635 Å². The van der Waals surface area contributed by atoms with Crippen LogP contribution in [0.3, 0.4) is 0 Å². The van der Waals surface area contributed by atoms with Gasteiger partial charge in [-0.1, -0.05) is 129 Å². The monoisotopic (exact) mass is 2050 g/mol. The van der Waals surface area contributed by atoms with Gasteiger partial charge >= 0.3 is 79.5 Å². The number of ether oxygens (including phenoxy) is 16. The zero-order valence-corrected chi connectivity index (χ0v) is 83.9. The maximum absolute atomic E-state index is 15.7. The summed E-state index contributed by atoms with van der Waals surface area (Å²) in [6.45, 7) is 37.4. The van der Waals surface area contributed by atoms with Crippen LogP contribution in [-0.2, 0) is 132 Å². The zero-order chi connectivity index (χ0) is 108. The van der Waals surface area contributed by atoms with Crippen LogP contribution in [0.5, 0.6) is 0 Å². The fourth-order valence-electron chi connectivity index (χ4n) is 13.8. The Morgan fingerprint density at radius 1 is 0.500 bits per heavy atom. The first kappa shape index (κ1) is 121. The third-order valence-electron chi connectivity index (χ3n) is 21.8. The largest absolute Gasteiger partial charge is 0.510 e. The van der Waals surface area contributed by atoms with Gasteiger partial charge in [-0.25, -0.2) is 56.1 Å². The van der Waals surface area contributed by atoms with Crippen molar-refractivity contribution in [2.24, 2.45) is 79.2 Å². The molecule has 0 saturated carbocycles. The van der Waals surface area contributed by atoms with E-state index in [1.165, 1.54) is 102 Å². The molecule has 798 valence electrons. The molecule has 0 aliphatic carbocycles. The van der Waals surface area contributed by atoms with E-state index in [9.17, 15) is 81.1 Å². The van der Waals surface area contributed by atoms with Crippen LogP contribution in [0.4, 0.5) is 31.5 Å². The summed E-state index contributed by atoms with van der Waals surface area (Å²) in [5.41, 5.74) is 12.3. The van der Waals surface area contributed by atoms with Crippen molar-refractivity contribution < 1.29 is 174 Å². The van der Waals surface area contributed by atoms with Crippen LogP contribution in [-0.4, -0.2) is 285 Å². The maximum atomic E-state index is 15.7. The summed E-state index contributed by atoms with van der Waals surface area (Å²) in [5.74, 6) is -12.5. The zero-order valence-electron chi connectivity index (χ0n) is 83.0. The van der Waals surface area contributed by atoms with Crippen LogP contribution >= 0.6 is 7.82 Å². The lowest BCUT2D eigenvalue weighted by molar-refractivity contribution is -0.192. The van der Waals surface area contributed by atoms with E-state index in [2.05, 4.69) is 41.3 Å². The number of aromatic amines is 1. The highest BCUT2D eigenvalue weighted by atomic mass is 31.2. The van der Waals surface area contributed by atoms with E-state index in [0.29, 0.717) is 4.57 Å². The summed E-state index contributed by atoms with van der Waals surface area (Å²) >= 11 is 0. The lowest BCUT2D eigenvalue weighted by atomic mass is 9.87. The lowest BCUT2D eigenvalue weighted by Gasteiger charge is -2.38. The van der Waals surface area contributed by atoms with Crippen molar-refractivity contribution in [1.82, 2.24) is 24.3 Å². The number of phosphoric acid groups is 1. The molecule has 4 saturated heterocycles. The number of hydrogen-bond acceptors (Lipinski definition) is 45. The molecule has 8 heterocycles. The van der Waals surface area contributed by atoms with Gasteiger partial charge in [0, 0.05) is 43.7 Å².